The van der Waals surface area contributed by atoms with Gasteiger partial charge in [0.05, 0.1) is 17.8 Å². The van der Waals surface area contributed by atoms with Crippen molar-refractivity contribution in [3.05, 3.63) is 41.8 Å². The lowest BCUT2D eigenvalue weighted by Gasteiger charge is -2.55. The van der Waals surface area contributed by atoms with Crippen LogP contribution in [0.4, 0.5) is 21.8 Å². The molecule has 1 aliphatic rings. The van der Waals surface area contributed by atoms with Gasteiger partial charge in [-0.25, -0.2) is 9.37 Å². The van der Waals surface area contributed by atoms with Crippen molar-refractivity contribution in [3.8, 4) is 6.07 Å². The maximum atomic E-state index is 14.6. The molecule has 29 heavy (non-hydrogen) atoms. The van der Waals surface area contributed by atoms with Gasteiger partial charge in [0.15, 0.2) is 11.6 Å². The predicted octanol–water partition coefficient (Wildman–Crippen LogP) is 4.32. The minimum atomic E-state index is -0.446. The van der Waals surface area contributed by atoms with Gasteiger partial charge in [0.2, 0.25) is 5.95 Å². The van der Waals surface area contributed by atoms with E-state index in [9.17, 15) is 4.39 Å². The van der Waals surface area contributed by atoms with Crippen LogP contribution in [0.1, 0.15) is 46.1 Å². The first kappa shape index (κ1) is 21.0. The van der Waals surface area contributed by atoms with Crippen LogP contribution in [0.3, 0.4) is 0 Å². The molecule has 2 heterocycles. The minimum Gasteiger partial charge on any atom is -0.354 e. The van der Waals surface area contributed by atoms with Gasteiger partial charge in [-0.15, -0.1) is 0 Å². The Morgan fingerprint density at radius 2 is 1.90 bits per heavy atom. The predicted molar refractivity (Wildman–Crippen MR) is 114 cm³/mol. The molecule has 0 radical (unpaired) electrons. The van der Waals surface area contributed by atoms with Crippen molar-refractivity contribution in [2.45, 2.75) is 57.7 Å². The molecule has 154 valence electrons. The second-order valence-electron chi connectivity index (χ2n) is 9.04. The highest BCUT2D eigenvalue weighted by molar-refractivity contribution is 5.57. The molecule has 1 N–H and O–H groups in total. The van der Waals surface area contributed by atoms with Gasteiger partial charge in [-0.05, 0) is 65.8 Å². The molecule has 1 fully saturated rings. The van der Waals surface area contributed by atoms with E-state index in [0.29, 0.717) is 17.2 Å². The van der Waals surface area contributed by atoms with E-state index < -0.39 is 5.82 Å². The maximum absolute atomic E-state index is 14.6. The molecule has 0 bridgehead atoms. The standard InChI is InChI=1S/C22H29FN6/c1-21(2)11-17(12-22(3,4)29(21)6)28(5)19-18(23)14-25-20(27-19)26-16-9-7-8-15(10-16)13-24/h7-10,14,17H,11-12H2,1-6H3,(H,25,26,27). The van der Waals surface area contributed by atoms with Gasteiger partial charge in [-0.3, -0.25) is 4.90 Å². The van der Waals surface area contributed by atoms with Crippen molar-refractivity contribution in [3.63, 3.8) is 0 Å². The van der Waals surface area contributed by atoms with Crippen molar-refractivity contribution in [2.24, 2.45) is 0 Å². The second kappa shape index (κ2) is 7.60. The van der Waals surface area contributed by atoms with Gasteiger partial charge in [0.25, 0.3) is 0 Å². The van der Waals surface area contributed by atoms with E-state index >= 15 is 0 Å². The number of anilines is 3. The highest BCUT2D eigenvalue weighted by Crippen LogP contribution is 2.39. The Bertz CT molecular complexity index is 915. The lowest BCUT2D eigenvalue weighted by molar-refractivity contribution is -0.0121. The molecule has 0 unspecified atom stereocenters. The number of nitrogens with one attached hydrogen (secondary N) is 1. The first-order valence-corrected chi connectivity index (χ1v) is 9.80. The number of piperidine rings is 1. The van der Waals surface area contributed by atoms with Crippen LogP contribution in [-0.2, 0) is 0 Å². The molecule has 1 aromatic carbocycles. The van der Waals surface area contributed by atoms with Crippen LogP contribution in [0.15, 0.2) is 30.5 Å². The quantitative estimate of drug-likeness (QED) is 0.830. The highest BCUT2D eigenvalue weighted by Gasteiger charge is 2.44. The van der Waals surface area contributed by atoms with Gasteiger partial charge in [0, 0.05) is 29.9 Å². The second-order valence-corrected chi connectivity index (χ2v) is 9.04. The van der Waals surface area contributed by atoms with Gasteiger partial charge in [-0.2, -0.15) is 10.2 Å². The molecule has 0 atom stereocenters. The van der Waals surface area contributed by atoms with Crippen LogP contribution < -0.4 is 10.2 Å². The van der Waals surface area contributed by atoms with E-state index in [1.54, 1.807) is 18.2 Å². The molecule has 0 spiro atoms. The summed E-state index contributed by atoms with van der Waals surface area (Å²) in [6, 6.07) is 9.27. The topological polar surface area (TPSA) is 68.1 Å². The molecule has 0 aliphatic carbocycles. The van der Waals surface area contributed by atoms with E-state index in [4.69, 9.17) is 5.26 Å². The third-order valence-corrected chi connectivity index (χ3v) is 6.14. The van der Waals surface area contributed by atoms with Crippen molar-refractivity contribution in [1.29, 1.82) is 5.26 Å². The SMILES string of the molecule is CN(c1nc(Nc2cccc(C#N)c2)ncc1F)C1CC(C)(C)N(C)C(C)(C)C1. The Morgan fingerprint density at radius 1 is 1.24 bits per heavy atom. The fourth-order valence-corrected chi connectivity index (χ4v) is 4.23. The summed E-state index contributed by atoms with van der Waals surface area (Å²) in [5, 5.41) is 12.1. The average molecular weight is 397 g/mol. The minimum absolute atomic E-state index is 0.0109. The van der Waals surface area contributed by atoms with Crippen LogP contribution in [0.25, 0.3) is 0 Å². The summed E-state index contributed by atoms with van der Waals surface area (Å²) in [6.45, 7) is 8.89. The summed E-state index contributed by atoms with van der Waals surface area (Å²) in [6.07, 6.45) is 3.00. The Labute approximate surface area is 172 Å². The Balaban J connectivity index is 1.86. The van der Waals surface area contributed by atoms with Crippen molar-refractivity contribution < 1.29 is 4.39 Å². The van der Waals surface area contributed by atoms with E-state index in [0.717, 1.165) is 12.8 Å². The summed E-state index contributed by atoms with van der Waals surface area (Å²) < 4.78 is 14.6. The molecule has 1 aliphatic heterocycles. The number of halogens is 1. The van der Waals surface area contributed by atoms with Crippen molar-refractivity contribution in [2.75, 3.05) is 24.3 Å². The average Bonchev–Trinajstić information content (AvgIpc) is 2.66. The Morgan fingerprint density at radius 3 is 2.52 bits per heavy atom. The van der Waals surface area contributed by atoms with E-state index in [2.05, 4.69) is 61.0 Å². The molecular weight excluding hydrogens is 367 g/mol. The van der Waals surface area contributed by atoms with Gasteiger partial charge >= 0.3 is 0 Å². The highest BCUT2D eigenvalue weighted by atomic mass is 19.1. The molecular formula is C22H29FN6. The number of likely N-dealkylation sites (tertiary alicyclic amines) is 1. The number of nitrogens with zero attached hydrogens (tertiary/aromatic N) is 5. The number of hydrogen-bond acceptors (Lipinski definition) is 6. The number of aromatic nitrogens is 2. The van der Waals surface area contributed by atoms with Gasteiger partial charge in [-0.1, -0.05) is 6.07 Å². The van der Waals surface area contributed by atoms with Crippen LogP contribution in [0, 0.1) is 17.1 Å². The molecule has 6 nitrogen and oxygen atoms in total. The molecule has 2 aromatic rings. The molecule has 1 aromatic heterocycles. The molecule has 7 heteroatoms. The maximum Gasteiger partial charge on any atom is 0.229 e. The first-order chi connectivity index (χ1) is 13.5. The largest absolute Gasteiger partial charge is 0.354 e. The summed E-state index contributed by atoms with van der Waals surface area (Å²) in [4.78, 5) is 12.8. The van der Waals surface area contributed by atoms with Gasteiger partial charge in [0.1, 0.15) is 0 Å². The lowest BCUT2D eigenvalue weighted by Crippen LogP contribution is -2.62. The van der Waals surface area contributed by atoms with Crippen LogP contribution >= 0.6 is 0 Å². The normalized spacial score (nSPS) is 18.8. The zero-order valence-corrected chi connectivity index (χ0v) is 18.0. The van der Waals surface area contributed by atoms with Crippen LogP contribution in [0.2, 0.25) is 0 Å². The molecule has 3 rings (SSSR count). The summed E-state index contributed by atoms with van der Waals surface area (Å²) in [5.74, 6) is 0.133. The molecule has 0 saturated carbocycles. The van der Waals surface area contributed by atoms with Crippen molar-refractivity contribution >= 4 is 17.5 Å². The third kappa shape index (κ3) is 4.33. The summed E-state index contributed by atoms with van der Waals surface area (Å²) in [5.41, 5.74) is 1.20. The molecule has 1 saturated heterocycles. The first-order valence-electron chi connectivity index (χ1n) is 9.80. The number of rotatable bonds is 4. The number of nitriles is 1. The fourth-order valence-electron chi connectivity index (χ4n) is 4.23. The Hall–Kier alpha value is -2.72. The fraction of sp³-hybridized carbons (Fsp3) is 0.500. The van der Waals surface area contributed by atoms with E-state index in [1.165, 1.54) is 6.20 Å². The third-order valence-electron chi connectivity index (χ3n) is 6.14. The van der Waals surface area contributed by atoms with Crippen LogP contribution in [0.5, 0.6) is 0 Å². The zero-order chi connectivity index (χ0) is 21.4. The Kier molecular flexibility index (Phi) is 5.50. The number of hydrogen-bond donors (Lipinski definition) is 1. The summed E-state index contributed by atoms with van der Waals surface area (Å²) in [7, 11) is 4.05. The van der Waals surface area contributed by atoms with E-state index in [1.807, 2.05) is 18.0 Å². The monoisotopic (exact) mass is 396 g/mol. The van der Waals surface area contributed by atoms with Gasteiger partial charge < -0.3 is 10.2 Å². The molecule has 0 amide bonds. The van der Waals surface area contributed by atoms with Crippen molar-refractivity contribution in [1.82, 2.24) is 14.9 Å². The van der Waals surface area contributed by atoms with Crippen LogP contribution in [-0.4, -0.2) is 46.1 Å². The number of benzene rings is 1. The van der Waals surface area contributed by atoms with E-state index in [-0.39, 0.29) is 22.9 Å². The zero-order valence-electron chi connectivity index (χ0n) is 18.0. The smallest absolute Gasteiger partial charge is 0.229 e. The lowest BCUT2D eigenvalue weighted by atomic mass is 9.77. The summed E-state index contributed by atoms with van der Waals surface area (Å²) >= 11 is 0.